The van der Waals surface area contributed by atoms with Crippen LogP contribution < -0.4 is 10.5 Å². The first-order valence-electron chi connectivity index (χ1n) is 7.69. The lowest BCUT2D eigenvalue weighted by molar-refractivity contribution is 0.310. The molecule has 114 valence electrons. The van der Waals surface area contributed by atoms with Crippen molar-refractivity contribution in [2.75, 3.05) is 5.73 Å². The molecule has 0 aromatic heterocycles. The van der Waals surface area contributed by atoms with Crippen molar-refractivity contribution in [3.63, 3.8) is 0 Å². The predicted molar refractivity (Wildman–Crippen MR) is 95.2 cm³/mol. The van der Waals surface area contributed by atoms with Crippen LogP contribution in [-0.2, 0) is 6.61 Å². The van der Waals surface area contributed by atoms with E-state index in [2.05, 4.69) is 31.2 Å². The Kier molecular flexibility index (Phi) is 5.42. The van der Waals surface area contributed by atoms with E-state index in [1.54, 1.807) is 0 Å². The number of fused-ring (bicyclic) bond motifs is 1. The second-order valence-corrected chi connectivity index (χ2v) is 4.98. The Morgan fingerprint density at radius 3 is 2.18 bits per heavy atom. The Morgan fingerprint density at radius 1 is 0.864 bits per heavy atom. The Bertz CT molecular complexity index is 727. The maximum absolute atomic E-state index is 6.07. The van der Waals surface area contributed by atoms with Gasteiger partial charge in [0, 0.05) is 11.1 Å². The maximum atomic E-state index is 6.07. The average molecular weight is 293 g/mol. The molecule has 0 bridgehead atoms. The molecule has 0 saturated heterocycles. The van der Waals surface area contributed by atoms with E-state index in [0.717, 1.165) is 27.8 Å². The quantitative estimate of drug-likeness (QED) is 0.662. The molecule has 3 rings (SSSR count). The van der Waals surface area contributed by atoms with E-state index < -0.39 is 0 Å². The summed E-state index contributed by atoms with van der Waals surface area (Å²) in [5.74, 6) is 0.834. The fourth-order valence-corrected chi connectivity index (χ4v) is 2.30. The molecule has 2 nitrogen and oxygen atoms in total. The van der Waals surface area contributed by atoms with Crippen molar-refractivity contribution in [3.8, 4) is 5.75 Å². The molecule has 0 radical (unpaired) electrons. The summed E-state index contributed by atoms with van der Waals surface area (Å²) in [6, 6.07) is 20.3. The van der Waals surface area contributed by atoms with Gasteiger partial charge in [0.15, 0.2) is 0 Å². The van der Waals surface area contributed by atoms with Crippen LogP contribution in [0.3, 0.4) is 0 Å². The van der Waals surface area contributed by atoms with E-state index in [1.165, 1.54) is 5.56 Å². The number of rotatable bonds is 3. The van der Waals surface area contributed by atoms with Crippen molar-refractivity contribution < 1.29 is 4.74 Å². The van der Waals surface area contributed by atoms with Crippen LogP contribution in [0, 0.1) is 6.92 Å². The number of ether oxygens (including phenoxy) is 1. The van der Waals surface area contributed by atoms with E-state index >= 15 is 0 Å². The van der Waals surface area contributed by atoms with Crippen LogP contribution in [0.25, 0.3) is 10.8 Å². The van der Waals surface area contributed by atoms with Gasteiger partial charge in [-0.15, -0.1) is 0 Å². The summed E-state index contributed by atoms with van der Waals surface area (Å²) in [4.78, 5) is 0. The Labute approximate surface area is 132 Å². The minimum absolute atomic E-state index is 0.549. The van der Waals surface area contributed by atoms with Gasteiger partial charge >= 0.3 is 0 Å². The highest BCUT2D eigenvalue weighted by Gasteiger charge is 2.05. The zero-order chi connectivity index (χ0) is 15.9. The lowest BCUT2D eigenvalue weighted by Gasteiger charge is -2.11. The molecule has 0 spiro atoms. The standard InChI is InChI=1S/C18H17NO.C2H6/c1-13-8-10-14(11-9-13)12-20-17-7-3-5-15-4-2-6-16(19)18(15)17;1-2/h2-11H,12,19H2,1H3;1-2H3. The first-order chi connectivity index (χ1) is 10.7. The molecule has 0 saturated carbocycles. The van der Waals surface area contributed by atoms with Gasteiger partial charge in [0.2, 0.25) is 0 Å². The highest BCUT2D eigenvalue weighted by molar-refractivity contribution is 5.97. The number of hydrogen-bond donors (Lipinski definition) is 1. The van der Waals surface area contributed by atoms with E-state index in [9.17, 15) is 0 Å². The van der Waals surface area contributed by atoms with Crippen molar-refractivity contribution in [3.05, 3.63) is 71.8 Å². The first-order valence-corrected chi connectivity index (χ1v) is 7.69. The molecule has 0 fully saturated rings. The third-order valence-corrected chi connectivity index (χ3v) is 3.41. The van der Waals surface area contributed by atoms with Crippen LogP contribution in [-0.4, -0.2) is 0 Å². The molecule has 0 heterocycles. The fraction of sp³-hybridized carbons (Fsp3) is 0.200. The van der Waals surface area contributed by atoms with Crippen LogP contribution in [0.1, 0.15) is 25.0 Å². The summed E-state index contributed by atoms with van der Waals surface area (Å²) in [7, 11) is 0. The van der Waals surface area contributed by atoms with E-state index in [-0.39, 0.29) is 0 Å². The van der Waals surface area contributed by atoms with Gasteiger partial charge < -0.3 is 10.5 Å². The third kappa shape index (κ3) is 3.59. The van der Waals surface area contributed by atoms with E-state index in [1.807, 2.05) is 50.2 Å². The minimum atomic E-state index is 0.549. The van der Waals surface area contributed by atoms with Crippen LogP contribution in [0.2, 0.25) is 0 Å². The molecule has 0 unspecified atom stereocenters. The summed E-state index contributed by atoms with van der Waals surface area (Å²) < 4.78 is 5.95. The molecule has 22 heavy (non-hydrogen) atoms. The number of benzene rings is 3. The predicted octanol–water partition coefficient (Wildman–Crippen LogP) is 5.34. The smallest absolute Gasteiger partial charge is 0.129 e. The number of nitrogen functional groups attached to an aromatic ring is 1. The Morgan fingerprint density at radius 2 is 1.50 bits per heavy atom. The molecule has 3 aromatic rings. The van der Waals surface area contributed by atoms with Crippen molar-refractivity contribution in [1.82, 2.24) is 0 Å². The molecule has 2 heteroatoms. The van der Waals surface area contributed by atoms with Crippen LogP contribution >= 0.6 is 0 Å². The second kappa shape index (κ2) is 7.51. The van der Waals surface area contributed by atoms with Crippen molar-refractivity contribution in [2.45, 2.75) is 27.4 Å². The van der Waals surface area contributed by atoms with Gasteiger partial charge in [-0.25, -0.2) is 0 Å². The van der Waals surface area contributed by atoms with E-state index in [4.69, 9.17) is 10.5 Å². The molecule has 0 aliphatic rings. The number of nitrogens with two attached hydrogens (primary N) is 1. The molecule has 0 amide bonds. The van der Waals surface area contributed by atoms with Gasteiger partial charge in [-0.2, -0.15) is 0 Å². The van der Waals surface area contributed by atoms with Gasteiger partial charge in [-0.05, 0) is 30.0 Å². The SMILES string of the molecule is CC.Cc1ccc(COc2cccc3cccc(N)c23)cc1. The monoisotopic (exact) mass is 293 g/mol. The third-order valence-electron chi connectivity index (χ3n) is 3.41. The molecule has 0 aliphatic carbocycles. The zero-order valence-corrected chi connectivity index (χ0v) is 13.5. The highest BCUT2D eigenvalue weighted by Crippen LogP contribution is 2.31. The topological polar surface area (TPSA) is 35.2 Å². The summed E-state index contributed by atoms with van der Waals surface area (Å²) in [6.07, 6.45) is 0. The van der Waals surface area contributed by atoms with Crippen LogP contribution in [0.15, 0.2) is 60.7 Å². The number of aryl methyl sites for hydroxylation is 1. The number of hydrogen-bond acceptors (Lipinski definition) is 2. The van der Waals surface area contributed by atoms with Gasteiger partial charge in [-0.1, -0.05) is 67.9 Å². The Hall–Kier alpha value is -2.48. The zero-order valence-electron chi connectivity index (χ0n) is 13.5. The van der Waals surface area contributed by atoms with Gasteiger partial charge in [0.05, 0.1) is 0 Å². The summed E-state index contributed by atoms with van der Waals surface area (Å²) in [5, 5.41) is 2.09. The summed E-state index contributed by atoms with van der Waals surface area (Å²) in [5.41, 5.74) is 9.23. The molecule has 0 atom stereocenters. The number of anilines is 1. The van der Waals surface area contributed by atoms with Gasteiger partial charge in [0.25, 0.3) is 0 Å². The first kappa shape index (κ1) is 15.9. The lowest BCUT2D eigenvalue weighted by Crippen LogP contribution is -1.97. The molecule has 0 aliphatic heterocycles. The fourth-order valence-electron chi connectivity index (χ4n) is 2.30. The largest absolute Gasteiger partial charge is 0.488 e. The van der Waals surface area contributed by atoms with Crippen molar-refractivity contribution in [2.24, 2.45) is 0 Å². The molecular weight excluding hydrogens is 270 g/mol. The lowest BCUT2D eigenvalue weighted by atomic mass is 10.1. The van der Waals surface area contributed by atoms with Gasteiger partial charge in [0.1, 0.15) is 12.4 Å². The molecule has 3 aromatic carbocycles. The second-order valence-electron chi connectivity index (χ2n) is 4.98. The molecular formula is C20H23NO. The molecule has 2 N–H and O–H groups in total. The normalized spacial score (nSPS) is 9.95. The van der Waals surface area contributed by atoms with Crippen LogP contribution in [0.5, 0.6) is 5.75 Å². The van der Waals surface area contributed by atoms with Crippen LogP contribution in [0.4, 0.5) is 5.69 Å². The van der Waals surface area contributed by atoms with Crippen molar-refractivity contribution >= 4 is 16.5 Å². The summed E-state index contributed by atoms with van der Waals surface area (Å²) >= 11 is 0. The van der Waals surface area contributed by atoms with Gasteiger partial charge in [-0.3, -0.25) is 0 Å². The van der Waals surface area contributed by atoms with E-state index in [0.29, 0.717) is 6.61 Å². The average Bonchev–Trinajstić information content (AvgIpc) is 2.56. The minimum Gasteiger partial charge on any atom is -0.488 e. The van der Waals surface area contributed by atoms with Crippen molar-refractivity contribution in [1.29, 1.82) is 0 Å². The Balaban J connectivity index is 0.000000847. The maximum Gasteiger partial charge on any atom is 0.129 e. The highest BCUT2D eigenvalue weighted by atomic mass is 16.5. The summed E-state index contributed by atoms with van der Waals surface area (Å²) in [6.45, 7) is 6.63.